The Morgan fingerprint density at radius 1 is 1.46 bits per heavy atom. The standard InChI is InChI=1S/C10H9ClFN/c11-6-10-9-5-8(12)2-1-7(9)3-4-13-10/h1-2,5H,3-4,6H2. The van der Waals surface area contributed by atoms with Crippen molar-refractivity contribution < 1.29 is 4.39 Å². The van der Waals surface area contributed by atoms with Crippen LogP contribution in [0, 0.1) is 5.82 Å². The van der Waals surface area contributed by atoms with E-state index in [-0.39, 0.29) is 5.82 Å². The molecule has 1 aromatic carbocycles. The van der Waals surface area contributed by atoms with Gasteiger partial charge in [0.15, 0.2) is 0 Å². The number of hydrogen-bond acceptors (Lipinski definition) is 1. The molecule has 13 heavy (non-hydrogen) atoms. The Kier molecular flexibility index (Phi) is 2.32. The molecular weight excluding hydrogens is 189 g/mol. The van der Waals surface area contributed by atoms with Gasteiger partial charge in [-0.05, 0) is 24.1 Å². The molecule has 0 aliphatic carbocycles. The molecule has 0 N–H and O–H groups in total. The number of halogens is 2. The zero-order chi connectivity index (χ0) is 9.26. The Bertz CT molecular complexity index is 360. The minimum absolute atomic E-state index is 0.224. The number of hydrogen-bond donors (Lipinski definition) is 0. The molecule has 1 nitrogen and oxygen atoms in total. The lowest BCUT2D eigenvalue weighted by molar-refractivity contribution is 0.626. The van der Waals surface area contributed by atoms with Gasteiger partial charge in [0.2, 0.25) is 0 Å². The van der Waals surface area contributed by atoms with E-state index in [1.807, 2.05) is 6.07 Å². The van der Waals surface area contributed by atoms with Gasteiger partial charge in [-0.2, -0.15) is 0 Å². The van der Waals surface area contributed by atoms with Crippen LogP contribution in [0.1, 0.15) is 11.1 Å². The normalized spacial score (nSPS) is 15.1. The molecule has 0 bridgehead atoms. The molecule has 2 rings (SSSR count). The Balaban J connectivity index is 2.51. The van der Waals surface area contributed by atoms with E-state index in [1.165, 1.54) is 12.1 Å². The van der Waals surface area contributed by atoms with Crippen LogP contribution in [0.5, 0.6) is 0 Å². The van der Waals surface area contributed by atoms with Gasteiger partial charge in [-0.3, -0.25) is 4.99 Å². The molecule has 0 saturated heterocycles. The van der Waals surface area contributed by atoms with Gasteiger partial charge in [-0.1, -0.05) is 6.07 Å². The fourth-order valence-electron chi connectivity index (χ4n) is 1.55. The van der Waals surface area contributed by atoms with Crippen molar-refractivity contribution >= 4 is 17.3 Å². The van der Waals surface area contributed by atoms with Crippen LogP contribution >= 0.6 is 11.6 Å². The minimum Gasteiger partial charge on any atom is -0.288 e. The average molecular weight is 198 g/mol. The molecule has 0 spiro atoms. The predicted molar refractivity (Wildman–Crippen MR) is 52.2 cm³/mol. The van der Waals surface area contributed by atoms with Crippen LogP contribution in [-0.4, -0.2) is 18.1 Å². The summed E-state index contributed by atoms with van der Waals surface area (Å²) in [5.74, 6) is 0.134. The monoisotopic (exact) mass is 197 g/mol. The van der Waals surface area contributed by atoms with Gasteiger partial charge in [0.1, 0.15) is 5.82 Å². The molecule has 0 saturated carbocycles. The maximum absolute atomic E-state index is 12.9. The summed E-state index contributed by atoms with van der Waals surface area (Å²) in [4.78, 5) is 4.25. The molecule has 68 valence electrons. The smallest absolute Gasteiger partial charge is 0.123 e. The fourth-order valence-corrected chi connectivity index (χ4v) is 1.77. The number of alkyl halides is 1. The van der Waals surface area contributed by atoms with Crippen LogP contribution < -0.4 is 0 Å². The fraction of sp³-hybridized carbons (Fsp3) is 0.300. The van der Waals surface area contributed by atoms with Crippen molar-refractivity contribution in [1.29, 1.82) is 0 Å². The van der Waals surface area contributed by atoms with Crippen molar-refractivity contribution in [2.24, 2.45) is 4.99 Å². The Morgan fingerprint density at radius 2 is 2.31 bits per heavy atom. The maximum Gasteiger partial charge on any atom is 0.123 e. The van der Waals surface area contributed by atoms with E-state index >= 15 is 0 Å². The van der Waals surface area contributed by atoms with Crippen molar-refractivity contribution in [2.45, 2.75) is 6.42 Å². The third-order valence-corrected chi connectivity index (χ3v) is 2.45. The molecule has 1 heterocycles. The second-order valence-corrected chi connectivity index (χ2v) is 3.28. The van der Waals surface area contributed by atoms with Crippen LogP contribution in [-0.2, 0) is 6.42 Å². The van der Waals surface area contributed by atoms with E-state index in [9.17, 15) is 4.39 Å². The van der Waals surface area contributed by atoms with Crippen molar-refractivity contribution in [1.82, 2.24) is 0 Å². The largest absolute Gasteiger partial charge is 0.288 e. The number of nitrogens with zero attached hydrogens (tertiary/aromatic N) is 1. The second kappa shape index (κ2) is 3.46. The molecule has 1 aliphatic heterocycles. The summed E-state index contributed by atoms with van der Waals surface area (Å²) in [6.07, 6.45) is 0.885. The Morgan fingerprint density at radius 3 is 3.08 bits per heavy atom. The lowest BCUT2D eigenvalue weighted by Gasteiger charge is -2.14. The van der Waals surface area contributed by atoms with Gasteiger partial charge in [0.25, 0.3) is 0 Å². The summed E-state index contributed by atoms with van der Waals surface area (Å²) >= 11 is 5.71. The quantitative estimate of drug-likeness (QED) is 0.614. The van der Waals surface area contributed by atoms with E-state index in [4.69, 9.17) is 11.6 Å². The third kappa shape index (κ3) is 1.59. The first kappa shape index (κ1) is 8.70. The first-order valence-electron chi connectivity index (χ1n) is 4.19. The average Bonchev–Trinajstić information content (AvgIpc) is 2.17. The minimum atomic E-state index is -0.224. The number of benzene rings is 1. The SMILES string of the molecule is Fc1ccc2c(c1)C(CCl)=NCC2. The summed E-state index contributed by atoms with van der Waals surface area (Å²) in [7, 11) is 0. The lowest BCUT2D eigenvalue weighted by atomic mass is 9.98. The highest BCUT2D eigenvalue weighted by molar-refractivity contribution is 6.32. The topological polar surface area (TPSA) is 12.4 Å². The summed E-state index contributed by atoms with van der Waals surface area (Å²) in [5, 5.41) is 0. The van der Waals surface area contributed by atoms with Gasteiger partial charge in [0, 0.05) is 12.1 Å². The van der Waals surface area contributed by atoms with Gasteiger partial charge < -0.3 is 0 Å². The van der Waals surface area contributed by atoms with Crippen LogP contribution in [0.3, 0.4) is 0 Å². The number of fused-ring (bicyclic) bond motifs is 1. The molecule has 0 unspecified atom stereocenters. The number of aliphatic imine (C=N–C) groups is 1. The molecule has 0 aromatic heterocycles. The van der Waals surface area contributed by atoms with Crippen LogP contribution in [0.2, 0.25) is 0 Å². The highest BCUT2D eigenvalue weighted by atomic mass is 35.5. The molecule has 0 amide bonds. The van der Waals surface area contributed by atoms with Crippen molar-refractivity contribution in [2.75, 3.05) is 12.4 Å². The van der Waals surface area contributed by atoms with E-state index in [0.717, 1.165) is 29.8 Å². The number of rotatable bonds is 1. The predicted octanol–water partition coefficient (Wildman–Crippen LogP) is 2.41. The first-order valence-corrected chi connectivity index (χ1v) is 4.73. The molecule has 0 fully saturated rings. The molecule has 0 atom stereocenters. The van der Waals surface area contributed by atoms with Crippen molar-refractivity contribution in [3.8, 4) is 0 Å². The molecule has 0 radical (unpaired) electrons. The van der Waals surface area contributed by atoms with Crippen LogP contribution in [0.15, 0.2) is 23.2 Å². The maximum atomic E-state index is 12.9. The Hall–Kier alpha value is -0.890. The van der Waals surface area contributed by atoms with Crippen LogP contribution in [0.25, 0.3) is 0 Å². The molecular formula is C10H9ClFN. The zero-order valence-corrected chi connectivity index (χ0v) is 7.81. The Labute approximate surface area is 81.2 Å². The van der Waals surface area contributed by atoms with E-state index in [1.54, 1.807) is 0 Å². The van der Waals surface area contributed by atoms with Gasteiger partial charge in [-0.25, -0.2) is 4.39 Å². The van der Waals surface area contributed by atoms with Crippen molar-refractivity contribution in [3.63, 3.8) is 0 Å². The first-order chi connectivity index (χ1) is 6.31. The van der Waals surface area contributed by atoms with Gasteiger partial charge >= 0.3 is 0 Å². The van der Waals surface area contributed by atoms with Gasteiger partial charge in [-0.15, -0.1) is 11.6 Å². The summed E-state index contributed by atoms with van der Waals surface area (Å²) < 4.78 is 12.9. The van der Waals surface area contributed by atoms with E-state index in [0.29, 0.717) is 5.88 Å². The summed E-state index contributed by atoms with van der Waals surface area (Å²) in [5.41, 5.74) is 2.83. The lowest BCUT2D eigenvalue weighted by Crippen LogP contribution is -2.14. The van der Waals surface area contributed by atoms with Gasteiger partial charge in [0.05, 0.1) is 11.6 Å². The molecule has 1 aliphatic rings. The third-order valence-electron chi connectivity index (χ3n) is 2.19. The second-order valence-electron chi connectivity index (χ2n) is 3.01. The summed E-state index contributed by atoms with van der Waals surface area (Å²) in [6, 6.07) is 4.80. The highest BCUT2D eigenvalue weighted by Crippen LogP contribution is 2.17. The van der Waals surface area contributed by atoms with Crippen molar-refractivity contribution in [3.05, 3.63) is 35.1 Å². The molecule has 1 aromatic rings. The van der Waals surface area contributed by atoms with E-state index in [2.05, 4.69) is 4.99 Å². The van der Waals surface area contributed by atoms with E-state index < -0.39 is 0 Å². The molecule has 3 heteroatoms. The zero-order valence-electron chi connectivity index (χ0n) is 7.06. The van der Waals surface area contributed by atoms with Crippen LogP contribution in [0.4, 0.5) is 4.39 Å². The summed E-state index contributed by atoms with van der Waals surface area (Å²) in [6.45, 7) is 0.765. The highest BCUT2D eigenvalue weighted by Gasteiger charge is 2.13.